The Labute approximate surface area is 183 Å². The lowest BCUT2D eigenvalue weighted by molar-refractivity contribution is -0.137. The number of hydrogen-bond donors (Lipinski definition) is 1. The van der Waals surface area contributed by atoms with Gasteiger partial charge < -0.3 is 15.0 Å². The van der Waals surface area contributed by atoms with Gasteiger partial charge in [0.15, 0.2) is 0 Å². The number of ether oxygens (including phenoxy) is 1. The highest BCUT2D eigenvalue weighted by molar-refractivity contribution is 5.94. The van der Waals surface area contributed by atoms with Crippen molar-refractivity contribution in [2.24, 2.45) is 5.92 Å². The molecule has 1 aliphatic carbocycles. The highest BCUT2D eigenvalue weighted by atomic mass is 16.5. The molecule has 1 aromatic carbocycles. The van der Waals surface area contributed by atoms with Gasteiger partial charge in [-0.05, 0) is 49.1 Å². The van der Waals surface area contributed by atoms with Gasteiger partial charge in [-0.25, -0.2) is 0 Å². The maximum absolute atomic E-state index is 12.7. The zero-order chi connectivity index (χ0) is 21.5. The number of pyridine rings is 1. The minimum Gasteiger partial charge on any atom is -0.490 e. The van der Waals surface area contributed by atoms with Crippen LogP contribution in [-0.2, 0) is 11.3 Å². The van der Waals surface area contributed by atoms with Crippen LogP contribution in [0.5, 0.6) is 5.75 Å². The molecule has 1 N–H and O–H groups in total. The van der Waals surface area contributed by atoms with Crippen LogP contribution in [0, 0.1) is 5.92 Å². The van der Waals surface area contributed by atoms with Gasteiger partial charge in [-0.1, -0.05) is 24.3 Å². The summed E-state index contributed by atoms with van der Waals surface area (Å²) in [6.45, 7) is 1.89. The van der Waals surface area contributed by atoms with E-state index >= 15 is 0 Å². The average molecular weight is 420 g/mol. The van der Waals surface area contributed by atoms with Crippen LogP contribution in [-0.4, -0.2) is 40.9 Å². The van der Waals surface area contributed by atoms with E-state index < -0.39 is 0 Å². The number of nitrogens with one attached hydrogen (secondary N) is 1. The predicted octanol–water partition coefficient (Wildman–Crippen LogP) is 3.74. The van der Waals surface area contributed by atoms with Gasteiger partial charge in [-0.2, -0.15) is 0 Å². The molecule has 0 saturated carbocycles. The number of hydrogen-bond acceptors (Lipinski definition) is 4. The van der Waals surface area contributed by atoms with Crippen molar-refractivity contribution >= 4 is 11.8 Å². The van der Waals surface area contributed by atoms with Crippen LogP contribution < -0.4 is 10.1 Å². The third kappa shape index (κ3) is 5.72. The van der Waals surface area contributed by atoms with Crippen molar-refractivity contribution in [3.8, 4) is 5.75 Å². The van der Waals surface area contributed by atoms with Gasteiger partial charge >= 0.3 is 0 Å². The lowest BCUT2D eigenvalue weighted by atomic mass is 9.92. The second-order valence-electron chi connectivity index (χ2n) is 8.20. The van der Waals surface area contributed by atoms with Crippen LogP contribution in [0.15, 0.2) is 60.9 Å². The zero-order valence-electron chi connectivity index (χ0n) is 17.7. The first kappa shape index (κ1) is 21.1. The number of rotatable bonds is 6. The average Bonchev–Trinajstić information content (AvgIpc) is 2.84. The molecule has 4 rings (SSSR count). The lowest BCUT2D eigenvalue weighted by Gasteiger charge is -2.34. The molecule has 2 aromatic rings. The topological polar surface area (TPSA) is 71.5 Å². The van der Waals surface area contributed by atoms with Crippen LogP contribution in [0.4, 0.5) is 0 Å². The minimum atomic E-state index is -0.142. The summed E-state index contributed by atoms with van der Waals surface area (Å²) in [6.07, 6.45) is 12.2. The molecule has 0 bridgehead atoms. The van der Waals surface area contributed by atoms with Gasteiger partial charge in [0, 0.05) is 56.4 Å². The molecule has 0 unspecified atom stereocenters. The van der Waals surface area contributed by atoms with Gasteiger partial charge in [0.25, 0.3) is 5.91 Å². The SMILES string of the molecule is O=C(NCc1cccnc1)c1cccc(OC2CCN(C(=O)[C@@H]3CC=CCC3)CC2)c1. The standard InChI is InChI=1S/C25H29N3O3/c29-24(27-18-19-6-5-13-26-17-19)21-9-4-10-23(16-21)31-22-11-14-28(15-12-22)25(30)20-7-2-1-3-8-20/h1-2,4-6,9-10,13,16-17,20,22H,3,7-8,11-12,14-15,18H2,(H,27,29)/t20-/m1/s1. The van der Waals surface area contributed by atoms with Crippen molar-refractivity contribution < 1.29 is 14.3 Å². The molecular weight excluding hydrogens is 390 g/mol. The summed E-state index contributed by atoms with van der Waals surface area (Å²) in [5.74, 6) is 0.979. The minimum absolute atomic E-state index is 0.0593. The molecule has 1 fully saturated rings. The largest absolute Gasteiger partial charge is 0.490 e. The van der Waals surface area contributed by atoms with E-state index in [9.17, 15) is 9.59 Å². The predicted molar refractivity (Wildman–Crippen MR) is 119 cm³/mol. The molecule has 1 aliphatic heterocycles. The summed E-state index contributed by atoms with van der Waals surface area (Å²) in [6, 6.07) is 11.1. The van der Waals surface area contributed by atoms with E-state index in [4.69, 9.17) is 4.74 Å². The molecule has 1 atom stereocenters. The maximum Gasteiger partial charge on any atom is 0.251 e. The molecule has 1 aromatic heterocycles. The third-order valence-corrected chi connectivity index (χ3v) is 5.95. The molecule has 2 aliphatic rings. The van der Waals surface area contributed by atoms with Crippen LogP contribution in [0.1, 0.15) is 48.0 Å². The van der Waals surface area contributed by atoms with E-state index in [-0.39, 0.29) is 23.8 Å². The fourth-order valence-corrected chi connectivity index (χ4v) is 4.16. The number of piperidine rings is 1. The number of nitrogens with zero attached hydrogens (tertiary/aromatic N) is 2. The zero-order valence-corrected chi connectivity index (χ0v) is 17.7. The smallest absolute Gasteiger partial charge is 0.251 e. The summed E-state index contributed by atoms with van der Waals surface area (Å²) in [5, 5.41) is 2.91. The highest BCUT2D eigenvalue weighted by Gasteiger charge is 2.28. The fourth-order valence-electron chi connectivity index (χ4n) is 4.16. The van der Waals surface area contributed by atoms with E-state index in [1.165, 1.54) is 0 Å². The third-order valence-electron chi connectivity index (χ3n) is 5.95. The molecule has 162 valence electrons. The quantitative estimate of drug-likeness (QED) is 0.724. The molecule has 2 amide bonds. The Hall–Kier alpha value is -3.15. The fraction of sp³-hybridized carbons (Fsp3) is 0.400. The summed E-state index contributed by atoms with van der Waals surface area (Å²) in [7, 11) is 0. The van der Waals surface area contributed by atoms with Crippen molar-refractivity contribution in [1.82, 2.24) is 15.2 Å². The Balaban J connectivity index is 1.27. The Kier molecular flexibility index (Phi) is 6.97. The number of likely N-dealkylation sites (tertiary alicyclic amines) is 1. The Bertz CT molecular complexity index is 921. The first-order chi connectivity index (χ1) is 15.2. The number of aromatic nitrogens is 1. The van der Waals surface area contributed by atoms with Crippen LogP contribution in [0.3, 0.4) is 0 Å². The second-order valence-corrected chi connectivity index (χ2v) is 8.20. The van der Waals surface area contributed by atoms with Gasteiger partial charge in [-0.3, -0.25) is 14.6 Å². The van der Waals surface area contributed by atoms with Crippen molar-refractivity contribution in [3.63, 3.8) is 0 Å². The lowest BCUT2D eigenvalue weighted by Crippen LogP contribution is -2.44. The Morgan fingerprint density at radius 3 is 2.71 bits per heavy atom. The van der Waals surface area contributed by atoms with Gasteiger partial charge in [0.1, 0.15) is 11.9 Å². The maximum atomic E-state index is 12.7. The number of benzene rings is 1. The number of carbonyl (C=O) groups is 2. The van der Waals surface area contributed by atoms with Crippen molar-refractivity contribution in [3.05, 3.63) is 72.1 Å². The monoisotopic (exact) mass is 419 g/mol. The molecule has 2 heterocycles. The van der Waals surface area contributed by atoms with Gasteiger partial charge in [-0.15, -0.1) is 0 Å². The van der Waals surface area contributed by atoms with E-state index in [0.29, 0.717) is 17.9 Å². The molecule has 0 spiro atoms. The van der Waals surface area contributed by atoms with E-state index in [2.05, 4.69) is 22.5 Å². The summed E-state index contributed by atoms with van der Waals surface area (Å²) in [5.41, 5.74) is 1.52. The van der Waals surface area contributed by atoms with Crippen molar-refractivity contribution in [1.29, 1.82) is 0 Å². The van der Waals surface area contributed by atoms with Crippen LogP contribution in [0.25, 0.3) is 0 Å². The highest BCUT2D eigenvalue weighted by Crippen LogP contribution is 2.25. The van der Waals surface area contributed by atoms with E-state index in [1.807, 2.05) is 29.2 Å². The van der Waals surface area contributed by atoms with Gasteiger partial charge in [0.2, 0.25) is 5.91 Å². The summed E-state index contributed by atoms with van der Waals surface area (Å²) < 4.78 is 6.14. The molecule has 1 saturated heterocycles. The van der Waals surface area contributed by atoms with Crippen molar-refractivity contribution in [2.45, 2.75) is 44.8 Å². The van der Waals surface area contributed by atoms with Crippen LogP contribution >= 0.6 is 0 Å². The normalized spacial score (nSPS) is 19.1. The second kappa shape index (κ2) is 10.2. The first-order valence-corrected chi connectivity index (χ1v) is 11.1. The van der Waals surface area contributed by atoms with Gasteiger partial charge in [0.05, 0.1) is 0 Å². The molecular formula is C25H29N3O3. The molecule has 6 heteroatoms. The number of carbonyl (C=O) groups excluding carboxylic acids is 2. The summed E-state index contributed by atoms with van der Waals surface area (Å²) >= 11 is 0. The Morgan fingerprint density at radius 2 is 1.97 bits per heavy atom. The number of amides is 2. The van der Waals surface area contributed by atoms with Crippen LogP contribution in [0.2, 0.25) is 0 Å². The van der Waals surface area contributed by atoms with E-state index in [0.717, 1.165) is 50.8 Å². The molecule has 31 heavy (non-hydrogen) atoms. The van der Waals surface area contributed by atoms with E-state index in [1.54, 1.807) is 24.5 Å². The number of allylic oxidation sites excluding steroid dienone is 2. The molecule has 0 radical (unpaired) electrons. The first-order valence-electron chi connectivity index (χ1n) is 11.1. The Morgan fingerprint density at radius 1 is 1.10 bits per heavy atom. The van der Waals surface area contributed by atoms with Crippen molar-refractivity contribution in [2.75, 3.05) is 13.1 Å². The summed E-state index contributed by atoms with van der Waals surface area (Å²) in [4.78, 5) is 31.2. The molecule has 6 nitrogen and oxygen atoms in total.